The Morgan fingerprint density at radius 3 is 2.23 bits per heavy atom. The number of rotatable bonds is 8. The van der Waals surface area contributed by atoms with Gasteiger partial charge < -0.3 is 24.3 Å². The van der Waals surface area contributed by atoms with Gasteiger partial charge in [-0.1, -0.05) is 12.1 Å². The van der Waals surface area contributed by atoms with Gasteiger partial charge >= 0.3 is 0 Å². The van der Waals surface area contributed by atoms with Gasteiger partial charge in [0.1, 0.15) is 5.82 Å². The molecule has 0 atom stereocenters. The maximum absolute atomic E-state index is 13.4. The highest BCUT2D eigenvalue weighted by Crippen LogP contribution is 2.38. The zero-order chi connectivity index (χ0) is 22.3. The van der Waals surface area contributed by atoms with Crippen LogP contribution in [0.15, 0.2) is 42.5 Å². The number of carbonyl (C=O) groups is 1. The third kappa shape index (κ3) is 5.35. The van der Waals surface area contributed by atoms with Crippen molar-refractivity contribution in [3.63, 3.8) is 0 Å². The Bertz CT molecular complexity index is 895. The molecule has 1 fully saturated rings. The maximum Gasteiger partial charge on any atom is 0.244 e. The molecule has 1 amide bonds. The SMILES string of the molecule is COc1cc(/C=C/C(=O)NCC2(c3ccc(F)cc3)CCOCC2)cc(OC)c1OC. The van der Waals surface area contributed by atoms with E-state index >= 15 is 0 Å². The molecule has 166 valence electrons. The predicted molar refractivity (Wildman–Crippen MR) is 116 cm³/mol. The van der Waals surface area contributed by atoms with Gasteiger partial charge in [0, 0.05) is 31.2 Å². The molecule has 1 saturated heterocycles. The van der Waals surface area contributed by atoms with Crippen LogP contribution in [0, 0.1) is 5.82 Å². The standard InChI is InChI=1S/C24H28FNO5/c1-28-20-14-17(15-21(29-2)23(20)30-3)4-9-22(27)26-16-24(10-12-31-13-11-24)18-5-7-19(25)8-6-18/h4-9,14-15H,10-13,16H2,1-3H3,(H,26,27)/b9-4+. The molecule has 2 aromatic rings. The van der Waals surface area contributed by atoms with Crippen LogP contribution in [0.5, 0.6) is 17.2 Å². The van der Waals surface area contributed by atoms with E-state index in [1.807, 2.05) is 0 Å². The first-order valence-electron chi connectivity index (χ1n) is 10.1. The summed E-state index contributed by atoms with van der Waals surface area (Å²) in [6.45, 7) is 1.66. The molecule has 6 nitrogen and oxygen atoms in total. The molecule has 31 heavy (non-hydrogen) atoms. The monoisotopic (exact) mass is 429 g/mol. The Balaban J connectivity index is 1.72. The molecule has 0 unspecified atom stereocenters. The van der Waals surface area contributed by atoms with Gasteiger partial charge in [-0.3, -0.25) is 4.79 Å². The summed E-state index contributed by atoms with van der Waals surface area (Å²) < 4.78 is 34.9. The van der Waals surface area contributed by atoms with Gasteiger partial charge in [-0.15, -0.1) is 0 Å². The lowest BCUT2D eigenvalue weighted by Gasteiger charge is -2.37. The predicted octanol–water partition coefficient (Wildman–Crippen LogP) is 3.73. The Morgan fingerprint density at radius 1 is 1.06 bits per heavy atom. The van der Waals surface area contributed by atoms with Gasteiger partial charge in [0.2, 0.25) is 11.7 Å². The van der Waals surface area contributed by atoms with Gasteiger partial charge in [-0.2, -0.15) is 0 Å². The van der Waals surface area contributed by atoms with Crippen LogP contribution >= 0.6 is 0 Å². The molecular weight excluding hydrogens is 401 g/mol. The normalized spacial score (nSPS) is 15.5. The molecule has 7 heteroatoms. The van der Waals surface area contributed by atoms with Gasteiger partial charge in [-0.05, 0) is 54.3 Å². The lowest BCUT2D eigenvalue weighted by molar-refractivity contribution is -0.116. The first-order chi connectivity index (χ1) is 15.0. The van der Waals surface area contributed by atoms with Crippen molar-refractivity contribution < 1.29 is 28.1 Å². The number of hydrogen-bond acceptors (Lipinski definition) is 5. The molecule has 1 aliphatic heterocycles. The second-order valence-corrected chi connectivity index (χ2v) is 7.41. The molecule has 3 rings (SSSR count). The number of carbonyl (C=O) groups excluding carboxylic acids is 1. The summed E-state index contributed by atoms with van der Waals surface area (Å²) in [5, 5.41) is 2.99. The Hall–Kier alpha value is -3.06. The van der Waals surface area contributed by atoms with Crippen molar-refractivity contribution in [2.24, 2.45) is 0 Å². The fraction of sp³-hybridized carbons (Fsp3) is 0.375. The number of amides is 1. The summed E-state index contributed by atoms with van der Waals surface area (Å²) in [7, 11) is 4.62. The van der Waals surface area contributed by atoms with Gasteiger partial charge in [0.15, 0.2) is 11.5 Å². The van der Waals surface area contributed by atoms with Crippen molar-refractivity contribution in [3.8, 4) is 17.2 Å². The fourth-order valence-corrected chi connectivity index (χ4v) is 3.82. The number of hydrogen-bond donors (Lipinski definition) is 1. The van der Waals surface area contributed by atoms with Crippen molar-refractivity contribution >= 4 is 12.0 Å². The second kappa shape index (κ2) is 10.3. The summed E-state index contributed by atoms with van der Waals surface area (Å²) in [6.07, 6.45) is 4.68. The minimum atomic E-state index is -0.276. The van der Waals surface area contributed by atoms with E-state index in [1.54, 1.807) is 44.6 Å². The average Bonchev–Trinajstić information content (AvgIpc) is 2.81. The molecule has 1 N–H and O–H groups in total. The fourth-order valence-electron chi connectivity index (χ4n) is 3.82. The van der Waals surface area contributed by atoms with Crippen molar-refractivity contribution in [2.45, 2.75) is 18.3 Å². The van der Waals surface area contributed by atoms with Crippen molar-refractivity contribution in [1.29, 1.82) is 0 Å². The number of halogens is 1. The number of benzene rings is 2. The lowest BCUT2D eigenvalue weighted by Crippen LogP contribution is -2.44. The summed E-state index contributed by atoms with van der Waals surface area (Å²) in [5.74, 6) is 1.02. The Labute approximate surface area is 182 Å². The molecule has 1 heterocycles. The van der Waals surface area contributed by atoms with Crippen LogP contribution in [0.2, 0.25) is 0 Å². The lowest BCUT2D eigenvalue weighted by atomic mass is 9.74. The van der Waals surface area contributed by atoms with Gasteiger partial charge in [0.05, 0.1) is 21.3 Å². The number of nitrogens with one attached hydrogen (secondary N) is 1. The highest BCUT2D eigenvalue weighted by molar-refractivity contribution is 5.92. The quantitative estimate of drug-likeness (QED) is 0.648. The van der Waals surface area contributed by atoms with E-state index in [9.17, 15) is 9.18 Å². The van der Waals surface area contributed by atoms with Gasteiger partial charge in [0.25, 0.3) is 0 Å². The van der Waals surface area contributed by atoms with E-state index in [2.05, 4.69) is 5.32 Å². The van der Waals surface area contributed by atoms with Crippen LogP contribution in [0.1, 0.15) is 24.0 Å². The molecule has 0 saturated carbocycles. The van der Waals surface area contributed by atoms with Crippen LogP contribution < -0.4 is 19.5 Å². The van der Waals surface area contributed by atoms with Crippen molar-refractivity contribution in [3.05, 3.63) is 59.4 Å². The maximum atomic E-state index is 13.4. The van der Waals surface area contributed by atoms with E-state index in [0.29, 0.717) is 37.0 Å². The first kappa shape index (κ1) is 22.6. The van der Waals surface area contributed by atoms with Crippen LogP contribution in [0.3, 0.4) is 0 Å². The van der Waals surface area contributed by atoms with E-state index in [1.165, 1.54) is 25.3 Å². The second-order valence-electron chi connectivity index (χ2n) is 7.41. The summed E-state index contributed by atoms with van der Waals surface area (Å²) >= 11 is 0. The van der Waals surface area contributed by atoms with E-state index < -0.39 is 0 Å². The highest BCUT2D eigenvalue weighted by atomic mass is 19.1. The van der Waals surface area contributed by atoms with E-state index in [0.717, 1.165) is 24.0 Å². The Kier molecular flexibility index (Phi) is 7.52. The van der Waals surface area contributed by atoms with Crippen molar-refractivity contribution in [1.82, 2.24) is 5.32 Å². The van der Waals surface area contributed by atoms with Crippen LogP contribution in [-0.4, -0.2) is 47.0 Å². The molecule has 0 radical (unpaired) electrons. The third-order valence-corrected chi connectivity index (χ3v) is 5.62. The summed E-state index contributed by atoms with van der Waals surface area (Å²) in [6, 6.07) is 10.0. The third-order valence-electron chi connectivity index (χ3n) is 5.62. The number of methoxy groups -OCH3 is 3. The first-order valence-corrected chi connectivity index (χ1v) is 10.1. The zero-order valence-electron chi connectivity index (χ0n) is 18.1. The summed E-state index contributed by atoms with van der Waals surface area (Å²) in [5.41, 5.74) is 1.47. The minimum absolute atomic E-state index is 0.221. The molecule has 0 bridgehead atoms. The zero-order valence-corrected chi connectivity index (χ0v) is 18.1. The Morgan fingerprint density at radius 2 is 1.68 bits per heavy atom. The van der Waals surface area contributed by atoms with Crippen molar-refractivity contribution in [2.75, 3.05) is 41.1 Å². The van der Waals surface area contributed by atoms with Gasteiger partial charge in [-0.25, -0.2) is 4.39 Å². The van der Waals surface area contributed by atoms with E-state index in [-0.39, 0.29) is 17.1 Å². The molecular formula is C24H28FNO5. The molecule has 2 aromatic carbocycles. The average molecular weight is 429 g/mol. The van der Waals surface area contributed by atoms with Crippen LogP contribution in [-0.2, 0) is 14.9 Å². The number of ether oxygens (including phenoxy) is 4. The molecule has 1 aliphatic rings. The highest BCUT2D eigenvalue weighted by Gasteiger charge is 2.34. The summed E-state index contributed by atoms with van der Waals surface area (Å²) in [4.78, 5) is 12.5. The molecule has 0 aromatic heterocycles. The molecule has 0 aliphatic carbocycles. The van der Waals surface area contributed by atoms with E-state index in [4.69, 9.17) is 18.9 Å². The van der Waals surface area contributed by atoms with Crippen LogP contribution in [0.25, 0.3) is 6.08 Å². The topological polar surface area (TPSA) is 66.0 Å². The van der Waals surface area contributed by atoms with Crippen LogP contribution in [0.4, 0.5) is 4.39 Å². The largest absolute Gasteiger partial charge is 0.493 e. The molecule has 0 spiro atoms. The minimum Gasteiger partial charge on any atom is -0.493 e. The smallest absolute Gasteiger partial charge is 0.244 e.